The van der Waals surface area contributed by atoms with Gasteiger partial charge in [-0.2, -0.15) is 0 Å². The average molecular weight is 425 g/mol. The van der Waals surface area contributed by atoms with E-state index in [1.165, 1.54) is 32.0 Å². The molecule has 166 valence electrons. The van der Waals surface area contributed by atoms with Crippen molar-refractivity contribution >= 4 is 24.1 Å². The Labute approximate surface area is 174 Å². The number of carbonyl (C=O) groups excluding carboxylic acids is 3. The van der Waals surface area contributed by atoms with E-state index in [2.05, 4.69) is 0 Å². The minimum absolute atomic E-state index is 0.00564. The highest BCUT2D eigenvalue weighted by Crippen LogP contribution is 2.34. The molecule has 0 saturated carbocycles. The van der Waals surface area contributed by atoms with Crippen LogP contribution in [0, 0.1) is 0 Å². The summed E-state index contributed by atoms with van der Waals surface area (Å²) in [4.78, 5) is 45.9. The summed E-state index contributed by atoms with van der Waals surface area (Å²) in [5.74, 6) is -3.44. The first-order valence-corrected chi connectivity index (χ1v) is 9.27. The number of esters is 2. The quantitative estimate of drug-likeness (QED) is 0.445. The molecule has 0 aliphatic rings. The Morgan fingerprint density at radius 1 is 0.967 bits per heavy atom. The fraction of sp³-hybridized carbons (Fsp3) is 0.500. The van der Waals surface area contributed by atoms with Crippen LogP contribution < -0.4 is 15.2 Å². The minimum Gasteiger partial charge on any atom is -0.480 e. The van der Waals surface area contributed by atoms with Gasteiger partial charge in [0.1, 0.15) is 12.1 Å². The Bertz CT molecular complexity index is 790. The van der Waals surface area contributed by atoms with Crippen LogP contribution in [0.15, 0.2) is 18.2 Å². The minimum atomic E-state index is -1.35. The van der Waals surface area contributed by atoms with E-state index in [0.717, 1.165) is 0 Å². The molecule has 0 amide bonds. The van der Waals surface area contributed by atoms with Crippen LogP contribution in [0.25, 0.3) is 0 Å². The summed E-state index contributed by atoms with van der Waals surface area (Å²) in [7, 11) is 0. The van der Waals surface area contributed by atoms with Crippen molar-refractivity contribution in [3.05, 3.63) is 23.8 Å². The van der Waals surface area contributed by atoms with Gasteiger partial charge in [-0.1, -0.05) is 6.07 Å². The number of nitrogens with two attached hydrogens (primary N) is 1. The number of aliphatic carboxylic acids is 1. The van der Waals surface area contributed by atoms with Crippen molar-refractivity contribution in [1.29, 1.82) is 0 Å². The summed E-state index contributed by atoms with van der Waals surface area (Å²) >= 11 is 0. The number of hydrogen-bond acceptors (Lipinski definition) is 9. The van der Waals surface area contributed by atoms with Crippen LogP contribution in [0.3, 0.4) is 0 Å². The Morgan fingerprint density at radius 2 is 1.53 bits per heavy atom. The molecule has 2 unspecified atom stereocenters. The summed E-state index contributed by atoms with van der Waals surface area (Å²) < 4.78 is 20.2. The maximum Gasteiger partial charge on any atom is 0.508 e. The number of rotatable bonds is 9. The van der Waals surface area contributed by atoms with Gasteiger partial charge in [-0.15, -0.1) is 0 Å². The van der Waals surface area contributed by atoms with Crippen molar-refractivity contribution in [3.63, 3.8) is 0 Å². The lowest BCUT2D eigenvalue weighted by atomic mass is 9.87. The third-order valence-corrected chi connectivity index (χ3v) is 3.84. The molecular weight excluding hydrogens is 398 g/mol. The topological polar surface area (TPSA) is 151 Å². The first-order chi connectivity index (χ1) is 13.9. The summed E-state index contributed by atoms with van der Waals surface area (Å²) in [5, 5.41) is 9.40. The van der Waals surface area contributed by atoms with Crippen LogP contribution in [-0.4, -0.2) is 47.4 Å². The van der Waals surface area contributed by atoms with Crippen LogP contribution >= 0.6 is 0 Å². The Kier molecular flexibility index (Phi) is 9.25. The maximum absolute atomic E-state index is 11.7. The largest absolute Gasteiger partial charge is 0.508 e. The zero-order chi connectivity index (χ0) is 23.0. The number of ether oxygens (including phenoxy) is 4. The molecule has 0 bridgehead atoms. The summed E-state index contributed by atoms with van der Waals surface area (Å²) in [6.07, 6.45) is -1.93. The lowest BCUT2D eigenvalue weighted by Crippen LogP contribution is -2.38. The van der Waals surface area contributed by atoms with Crippen molar-refractivity contribution in [1.82, 2.24) is 0 Å². The Hall–Kier alpha value is -3.14. The Balaban J connectivity index is 3.21. The smallest absolute Gasteiger partial charge is 0.480 e. The van der Waals surface area contributed by atoms with Crippen LogP contribution in [0.4, 0.5) is 4.79 Å². The zero-order valence-corrected chi connectivity index (χ0v) is 17.5. The molecule has 10 nitrogen and oxygen atoms in total. The average Bonchev–Trinajstić information content (AvgIpc) is 2.58. The number of benzene rings is 1. The van der Waals surface area contributed by atoms with Crippen LogP contribution in [-0.2, 0) is 23.9 Å². The van der Waals surface area contributed by atoms with Gasteiger partial charge in [0.15, 0.2) is 11.5 Å². The lowest BCUT2D eigenvalue weighted by Gasteiger charge is -2.25. The second kappa shape index (κ2) is 11.1. The third kappa shape index (κ3) is 8.08. The van der Waals surface area contributed by atoms with Crippen molar-refractivity contribution < 1.29 is 43.2 Å². The zero-order valence-electron chi connectivity index (χ0n) is 17.5. The molecule has 1 aromatic carbocycles. The molecule has 0 heterocycles. The van der Waals surface area contributed by atoms with Crippen LogP contribution in [0.2, 0.25) is 0 Å². The molecule has 30 heavy (non-hydrogen) atoms. The summed E-state index contributed by atoms with van der Waals surface area (Å²) in [5.41, 5.74) is 6.25. The molecule has 0 spiro atoms. The van der Waals surface area contributed by atoms with Crippen molar-refractivity contribution in [2.45, 2.75) is 65.2 Å². The van der Waals surface area contributed by atoms with E-state index in [-0.39, 0.29) is 24.0 Å². The molecule has 3 atom stereocenters. The van der Waals surface area contributed by atoms with E-state index < -0.39 is 42.1 Å². The first kappa shape index (κ1) is 24.9. The van der Waals surface area contributed by atoms with E-state index in [4.69, 9.17) is 24.7 Å². The normalized spacial score (nSPS) is 13.7. The van der Waals surface area contributed by atoms with Gasteiger partial charge in [-0.05, 0) is 44.9 Å². The molecule has 0 aliphatic carbocycles. The van der Waals surface area contributed by atoms with E-state index in [9.17, 15) is 24.3 Å². The molecule has 0 aromatic heterocycles. The highest BCUT2D eigenvalue weighted by Gasteiger charge is 2.30. The molecule has 1 rings (SSSR count). The number of carbonyl (C=O) groups is 4. The van der Waals surface area contributed by atoms with Gasteiger partial charge in [0.2, 0.25) is 0 Å². The molecular formula is C20H27NO9. The molecule has 0 radical (unpaired) electrons. The number of carboxylic acid groups (broad SMARTS) is 1. The van der Waals surface area contributed by atoms with Crippen molar-refractivity contribution in [2.75, 3.05) is 0 Å². The third-order valence-electron chi connectivity index (χ3n) is 3.84. The predicted octanol–water partition coefficient (Wildman–Crippen LogP) is 2.37. The second-order valence-electron chi connectivity index (χ2n) is 6.94. The Morgan fingerprint density at radius 3 is 2.03 bits per heavy atom. The van der Waals surface area contributed by atoms with Gasteiger partial charge in [0.25, 0.3) is 0 Å². The van der Waals surface area contributed by atoms with Gasteiger partial charge < -0.3 is 29.8 Å². The monoisotopic (exact) mass is 425 g/mol. The van der Waals surface area contributed by atoms with Gasteiger partial charge in [-0.25, -0.2) is 4.79 Å². The molecule has 0 aliphatic heterocycles. The summed E-state index contributed by atoms with van der Waals surface area (Å²) in [6.45, 7) is 7.25. The maximum atomic E-state index is 11.7. The fourth-order valence-electron chi connectivity index (χ4n) is 2.68. The lowest BCUT2D eigenvalue weighted by molar-refractivity contribution is -0.139. The summed E-state index contributed by atoms with van der Waals surface area (Å²) in [6, 6.07) is 2.89. The SMILES string of the molecule is CC(=O)Oc1ccc(C(CC(C)OC(=O)OC(C)C)[C@H](N)C(=O)O)cc1OC(C)=O. The van der Waals surface area contributed by atoms with Gasteiger partial charge in [0.05, 0.1) is 6.10 Å². The number of carboxylic acids is 1. The van der Waals surface area contributed by atoms with E-state index >= 15 is 0 Å². The standard InChI is InChI=1S/C20H27NO9/c1-10(2)27-20(26)28-11(3)8-15(18(21)19(24)25)14-6-7-16(29-12(4)22)17(9-14)30-13(5)23/h6-7,9-11,15,18H,8,21H2,1-5H3,(H,24,25)/t11?,15?,18-/m0/s1. The molecule has 0 saturated heterocycles. The molecule has 10 heteroatoms. The van der Waals surface area contributed by atoms with E-state index in [1.54, 1.807) is 20.8 Å². The van der Waals surface area contributed by atoms with Crippen LogP contribution in [0.1, 0.15) is 52.5 Å². The highest BCUT2D eigenvalue weighted by molar-refractivity contribution is 5.76. The van der Waals surface area contributed by atoms with Crippen molar-refractivity contribution in [2.24, 2.45) is 5.73 Å². The number of hydrogen-bond donors (Lipinski definition) is 2. The van der Waals surface area contributed by atoms with Crippen molar-refractivity contribution in [3.8, 4) is 11.5 Å². The first-order valence-electron chi connectivity index (χ1n) is 9.27. The fourth-order valence-corrected chi connectivity index (χ4v) is 2.68. The highest BCUT2D eigenvalue weighted by atomic mass is 16.7. The second-order valence-corrected chi connectivity index (χ2v) is 6.94. The van der Waals surface area contributed by atoms with Gasteiger partial charge in [-0.3, -0.25) is 14.4 Å². The predicted molar refractivity (Wildman–Crippen MR) is 104 cm³/mol. The molecule has 3 N–H and O–H groups in total. The van der Waals surface area contributed by atoms with Crippen LogP contribution in [0.5, 0.6) is 11.5 Å². The van der Waals surface area contributed by atoms with Gasteiger partial charge in [0, 0.05) is 19.8 Å². The molecule has 1 aromatic rings. The van der Waals surface area contributed by atoms with E-state index in [0.29, 0.717) is 5.56 Å². The van der Waals surface area contributed by atoms with Gasteiger partial charge >= 0.3 is 24.1 Å². The van der Waals surface area contributed by atoms with E-state index in [1.807, 2.05) is 0 Å². The molecule has 0 fully saturated rings.